The van der Waals surface area contributed by atoms with Crippen molar-refractivity contribution in [1.29, 1.82) is 21.0 Å². The van der Waals surface area contributed by atoms with Gasteiger partial charge in [0.1, 0.15) is 46.9 Å². The molecule has 54 heavy (non-hydrogen) atoms. The minimum atomic E-state index is -0.800. The Hall–Kier alpha value is -6.10. The summed E-state index contributed by atoms with van der Waals surface area (Å²) in [7, 11) is 0. The molecular formula is C44H44N6O4. The molecule has 2 aromatic carbocycles. The normalized spacial score (nSPS) is 21.0. The van der Waals surface area contributed by atoms with Gasteiger partial charge in [-0.1, -0.05) is 52.0 Å². The van der Waals surface area contributed by atoms with Crippen LogP contribution in [0.5, 0.6) is 11.5 Å². The second-order valence-electron chi connectivity index (χ2n) is 16.0. The summed E-state index contributed by atoms with van der Waals surface area (Å²) in [6, 6.07) is 22.3. The van der Waals surface area contributed by atoms with Gasteiger partial charge in [0.25, 0.3) is 0 Å². The van der Waals surface area contributed by atoms with Gasteiger partial charge < -0.3 is 19.3 Å². The second-order valence-corrected chi connectivity index (χ2v) is 16.0. The van der Waals surface area contributed by atoms with Crippen LogP contribution in [0.2, 0.25) is 0 Å². The third-order valence-electron chi connectivity index (χ3n) is 10.7. The first-order valence-electron chi connectivity index (χ1n) is 18.6. The second kappa shape index (κ2) is 15.5. The fourth-order valence-corrected chi connectivity index (χ4v) is 8.11. The van der Waals surface area contributed by atoms with E-state index in [0.29, 0.717) is 48.0 Å². The van der Waals surface area contributed by atoms with Gasteiger partial charge >= 0.3 is 11.9 Å². The Morgan fingerprint density at radius 1 is 0.556 bits per heavy atom. The number of esters is 2. The van der Waals surface area contributed by atoms with Crippen LogP contribution in [0.1, 0.15) is 79.1 Å². The van der Waals surface area contributed by atoms with E-state index in [1.165, 1.54) is 0 Å². The average Bonchev–Trinajstić information content (AvgIpc) is 3.88. The van der Waals surface area contributed by atoms with Gasteiger partial charge in [-0.05, 0) is 109 Å². The predicted molar refractivity (Wildman–Crippen MR) is 201 cm³/mol. The molecule has 274 valence electrons. The van der Waals surface area contributed by atoms with Gasteiger partial charge in [-0.3, -0.25) is 0 Å². The molecule has 0 spiro atoms. The first-order chi connectivity index (χ1) is 25.9. The lowest BCUT2D eigenvalue weighted by Gasteiger charge is -2.37. The van der Waals surface area contributed by atoms with Crippen molar-refractivity contribution in [2.24, 2.45) is 10.8 Å². The Labute approximate surface area is 317 Å². The summed E-state index contributed by atoms with van der Waals surface area (Å²) in [5.74, 6) is -1.10. The first kappa shape index (κ1) is 37.7. The van der Waals surface area contributed by atoms with Crippen LogP contribution in [0.15, 0.2) is 93.4 Å². The van der Waals surface area contributed by atoms with Crippen LogP contribution in [-0.4, -0.2) is 47.9 Å². The molecule has 0 bridgehead atoms. The van der Waals surface area contributed by atoms with E-state index in [0.717, 1.165) is 74.4 Å². The van der Waals surface area contributed by atoms with E-state index < -0.39 is 11.9 Å². The zero-order chi connectivity index (χ0) is 38.6. The van der Waals surface area contributed by atoms with Crippen molar-refractivity contribution < 1.29 is 19.1 Å². The van der Waals surface area contributed by atoms with Crippen LogP contribution in [0.4, 0.5) is 0 Å². The minimum Gasteiger partial charge on any atom is -0.422 e. The number of hydrogen-bond donors (Lipinski definition) is 0. The molecule has 0 aromatic heterocycles. The molecule has 0 saturated carbocycles. The molecule has 2 fully saturated rings. The summed E-state index contributed by atoms with van der Waals surface area (Å²) in [6.45, 7) is 11.8. The van der Waals surface area contributed by atoms with Crippen molar-refractivity contribution in [3.05, 3.63) is 93.4 Å². The Bertz CT molecular complexity index is 1990. The van der Waals surface area contributed by atoms with Gasteiger partial charge in [0.15, 0.2) is 0 Å². The highest BCUT2D eigenvalue weighted by molar-refractivity contribution is 5.97. The van der Waals surface area contributed by atoms with Crippen LogP contribution in [0.3, 0.4) is 0 Å². The molecule has 2 heterocycles. The summed E-state index contributed by atoms with van der Waals surface area (Å²) < 4.78 is 11.3. The van der Waals surface area contributed by atoms with Crippen molar-refractivity contribution >= 4 is 11.9 Å². The van der Waals surface area contributed by atoms with Gasteiger partial charge in [0, 0.05) is 37.6 Å². The van der Waals surface area contributed by atoms with Gasteiger partial charge in [-0.25, -0.2) is 9.59 Å². The highest BCUT2D eigenvalue weighted by Crippen LogP contribution is 2.46. The number of hydrogen-bond acceptors (Lipinski definition) is 10. The average molecular weight is 721 g/mol. The summed E-state index contributed by atoms with van der Waals surface area (Å²) in [6.07, 6.45) is 6.43. The van der Waals surface area contributed by atoms with Crippen molar-refractivity contribution in [3.63, 3.8) is 0 Å². The SMILES string of the molecule is CC1(C)CC(N2CCCC2)=C(C#N)/C(=C(\C#N)C(=O)Oc2ccc(-c3ccc(OC(=O)/C(C#N)=C4\CC(C)(C)CC(N5CCCC5)=C4C#N)cc3)cc2)C1. The monoisotopic (exact) mass is 720 g/mol. The molecular weight excluding hydrogens is 677 g/mol. The van der Waals surface area contributed by atoms with Gasteiger partial charge in [0.2, 0.25) is 0 Å². The molecule has 0 amide bonds. The number of likely N-dealkylation sites (tertiary alicyclic amines) is 2. The topological polar surface area (TPSA) is 154 Å². The Morgan fingerprint density at radius 2 is 0.889 bits per heavy atom. The number of carbonyl (C=O) groups is 2. The van der Waals surface area contributed by atoms with E-state index in [4.69, 9.17) is 9.47 Å². The van der Waals surface area contributed by atoms with Gasteiger partial charge in [-0.15, -0.1) is 0 Å². The third-order valence-corrected chi connectivity index (χ3v) is 10.7. The van der Waals surface area contributed by atoms with E-state index in [1.807, 2.05) is 12.1 Å². The highest BCUT2D eigenvalue weighted by atomic mass is 16.5. The number of nitriles is 4. The smallest absolute Gasteiger partial charge is 0.354 e. The summed E-state index contributed by atoms with van der Waals surface area (Å²) in [5.41, 5.74) is 4.32. The molecule has 10 heteroatoms. The molecule has 0 atom stereocenters. The van der Waals surface area contributed by atoms with E-state index in [1.54, 1.807) is 48.5 Å². The predicted octanol–water partition coefficient (Wildman–Crippen LogP) is 8.19. The maximum atomic E-state index is 13.4. The number of carbonyl (C=O) groups excluding carboxylic acids is 2. The molecule has 0 unspecified atom stereocenters. The van der Waals surface area contributed by atoms with E-state index in [9.17, 15) is 30.6 Å². The Kier molecular flexibility index (Phi) is 10.8. The zero-order valence-electron chi connectivity index (χ0n) is 31.4. The van der Waals surface area contributed by atoms with Crippen LogP contribution in [0.25, 0.3) is 11.1 Å². The summed E-state index contributed by atoms with van der Waals surface area (Å²) >= 11 is 0. The molecule has 2 aliphatic carbocycles. The summed E-state index contributed by atoms with van der Waals surface area (Å²) in [5, 5.41) is 40.6. The Balaban J connectivity index is 1.17. The lowest BCUT2D eigenvalue weighted by molar-refractivity contribution is -0.130. The summed E-state index contributed by atoms with van der Waals surface area (Å²) in [4.78, 5) is 31.2. The van der Waals surface area contributed by atoms with E-state index >= 15 is 0 Å². The highest BCUT2D eigenvalue weighted by Gasteiger charge is 2.38. The van der Waals surface area contributed by atoms with Crippen molar-refractivity contribution in [1.82, 2.24) is 9.80 Å². The van der Waals surface area contributed by atoms with Crippen LogP contribution < -0.4 is 9.47 Å². The van der Waals surface area contributed by atoms with Crippen LogP contribution >= 0.6 is 0 Å². The maximum absolute atomic E-state index is 13.4. The van der Waals surface area contributed by atoms with E-state index in [2.05, 4.69) is 49.6 Å². The van der Waals surface area contributed by atoms with Crippen LogP contribution in [0, 0.1) is 56.2 Å². The third kappa shape index (κ3) is 7.95. The first-order valence-corrected chi connectivity index (χ1v) is 18.6. The maximum Gasteiger partial charge on any atom is 0.354 e. The fourth-order valence-electron chi connectivity index (χ4n) is 8.11. The molecule has 6 rings (SSSR count). The number of allylic oxidation sites excluding steroid dienone is 6. The zero-order valence-corrected chi connectivity index (χ0v) is 31.4. The standard InChI is InChI=1S/C44H44N6O4/c1-43(2)21-33(35(25-45)39(23-43)49-17-5-6-18-49)37(27-47)41(51)53-31-13-9-29(10-14-31)30-11-15-32(16-12-30)54-42(52)38(28-48)34-22-44(3,4)24-40(36(34)26-46)50-19-7-8-20-50/h9-16H,5-8,17-24H2,1-4H3/b37-33+,38-34+. The van der Waals surface area contributed by atoms with Crippen molar-refractivity contribution in [2.45, 2.75) is 79.1 Å². The fraction of sp³-hybridized carbons (Fsp3) is 0.409. The van der Waals surface area contributed by atoms with Crippen LogP contribution in [-0.2, 0) is 9.59 Å². The molecule has 0 N–H and O–H groups in total. The van der Waals surface area contributed by atoms with Crippen molar-refractivity contribution in [3.8, 4) is 46.9 Å². The molecule has 0 radical (unpaired) electrons. The Morgan fingerprint density at radius 3 is 1.19 bits per heavy atom. The number of benzene rings is 2. The molecule has 2 saturated heterocycles. The lowest BCUT2D eigenvalue weighted by atomic mass is 9.72. The largest absolute Gasteiger partial charge is 0.422 e. The van der Waals surface area contributed by atoms with Gasteiger partial charge in [0.05, 0.1) is 11.1 Å². The number of nitrogens with zero attached hydrogens (tertiary/aromatic N) is 6. The minimum absolute atomic E-state index is 0.153. The number of ether oxygens (including phenoxy) is 2. The quantitative estimate of drug-likeness (QED) is 0.118. The lowest BCUT2D eigenvalue weighted by Crippen LogP contribution is -2.31. The van der Waals surface area contributed by atoms with Gasteiger partial charge in [-0.2, -0.15) is 21.0 Å². The molecule has 10 nitrogen and oxygen atoms in total. The number of rotatable bonds is 7. The molecule has 2 aliphatic heterocycles. The molecule has 4 aliphatic rings. The van der Waals surface area contributed by atoms with E-state index in [-0.39, 0.29) is 33.5 Å². The molecule has 2 aromatic rings. The van der Waals surface area contributed by atoms with Crippen molar-refractivity contribution in [2.75, 3.05) is 26.2 Å².